The van der Waals surface area contributed by atoms with Crippen molar-refractivity contribution in [3.63, 3.8) is 0 Å². The highest BCUT2D eigenvalue weighted by Gasteiger charge is 2.17. The molecule has 2 aromatic rings. The topological polar surface area (TPSA) is 89.7 Å². The molecule has 0 unspecified atom stereocenters. The molecule has 0 saturated heterocycles. The molecule has 2 aromatic carbocycles. The third kappa shape index (κ3) is 3.98. The van der Waals surface area contributed by atoms with E-state index in [1.54, 1.807) is 19.2 Å². The second-order valence-electron chi connectivity index (χ2n) is 4.40. The number of aliphatic carboxylic acids is 1. The SMILES string of the molecule is COc1ccc(Sc2ccc([N+](=O)[O-])c(CC(=O)O)c2)cc1. The number of hydrogen-bond donors (Lipinski definition) is 1. The summed E-state index contributed by atoms with van der Waals surface area (Å²) in [5.41, 5.74) is 0.0116. The first-order valence-electron chi connectivity index (χ1n) is 6.30. The maximum atomic E-state index is 10.9. The molecule has 0 atom stereocenters. The van der Waals surface area contributed by atoms with Gasteiger partial charge in [-0.1, -0.05) is 11.8 Å². The van der Waals surface area contributed by atoms with Crippen LogP contribution >= 0.6 is 11.8 Å². The van der Waals surface area contributed by atoms with E-state index < -0.39 is 10.9 Å². The van der Waals surface area contributed by atoms with Crippen molar-refractivity contribution in [1.29, 1.82) is 0 Å². The van der Waals surface area contributed by atoms with Gasteiger partial charge in [0.05, 0.1) is 18.5 Å². The Kier molecular flexibility index (Phi) is 5.00. The molecule has 2 rings (SSSR count). The summed E-state index contributed by atoms with van der Waals surface area (Å²) in [7, 11) is 1.58. The maximum absolute atomic E-state index is 10.9. The third-order valence-corrected chi connectivity index (χ3v) is 3.88. The lowest BCUT2D eigenvalue weighted by atomic mass is 10.1. The highest BCUT2D eigenvalue weighted by atomic mass is 32.2. The number of hydrogen-bond acceptors (Lipinski definition) is 5. The van der Waals surface area contributed by atoms with Crippen molar-refractivity contribution in [3.05, 3.63) is 58.1 Å². The second-order valence-corrected chi connectivity index (χ2v) is 5.54. The first kappa shape index (κ1) is 15.8. The fourth-order valence-electron chi connectivity index (χ4n) is 1.89. The number of carboxylic acids is 1. The van der Waals surface area contributed by atoms with Crippen LogP contribution in [0, 0.1) is 10.1 Å². The van der Waals surface area contributed by atoms with Gasteiger partial charge in [-0.25, -0.2) is 0 Å². The molecule has 7 heteroatoms. The van der Waals surface area contributed by atoms with Crippen LogP contribution in [0.15, 0.2) is 52.3 Å². The van der Waals surface area contributed by atoms with Gasteiger partial charge in [0.15, 0.2) is 0 Å². The van der Waals surface area contributed by atoms with Crippen molar-refractivity contribution < 1.29 is 19.6 Å². The summed E-state index contributed by atoms with van der Waals surface area (Å²) in [6.07, 6.45) is -0.382. The first-order chi connectivity index (χ1) is 10.5. The van der Waals surface area contributed by atoms with E-state index >= 15 is 0 Å². The molecular weight excluding hydrogens is 306 g/mol. The summed E-state index contributed by atoms with van der Waals surface area (Å²) in [4.78, 5) is 22.9. The van der Waals surface area contributed by atoms with Gasteiger partial charge in [0.1, 0.15) is 5.75 Å². The highest BCUT2D eigenvalue weighted by molar-refractivity contribution is 7.99. The molecule has 0 aliphatic heterocycles. The molecule has 0 fully saturated rings. The molecular formula is C15H13NO5S. The van der Waals surface area contributed by atoms with Crippen molar-refractivity contribution in [2.24, 2.45) is 0 Å². The van der Waals surface area contributed by atoms with Gasteiger partial charge in [-0.3, -0.25) is 14.9 Å². The molecule has 0 heterocycles. The first-order valence-corrected chi connectivity index (χ1v) is 7.12. The Morgan fingerprint density at radius 3 is 2.41 bits per heavy atom. The Hall–Kier alpha value is -2.54. The predicted molar refractivity (Wildman–Crippen MR) is 81.6 cm³/mol. The van der Waals surface area contributed by atoms with Crippen molar-refractivity contribution in [2.75, 3.05) is 7.11 Å². The van der Waals surface area contributed by atoms with Crippen molar-refractivity contribution >= 4 is 23.4 Å². The fourth-order valence-corrected chi connectivity index (χ4v) is 2.77. The number of nitro benzene ring substituents is 1. The standard InChI is InChI=1S/C15H13NO5S/c1-21-11-2-4-12(5-3-11)22-13-6-7-14(16(19)20)10(8-13)9-15(17)18/h2-8H,9H2,1H3,(H,17,18). The van der Waals surface area contributed by atoms with Crippen LogP contribution in [0.5, 0.6) is 5.75 Å². The Labute approximate surface area is 130 Å². The van der Waals surface area contributed by atoms with E-state index in [0.717, 1.165) is 15.5 Å². The van der Waals surface area contributed by atoms with Gasteiger partial charge in [0.25, 0.3) is 5.69 Å². The molecule has 0 spiro atoms. The summed E-state index contributed by atoms with van der Waals surface area (Å²) >= 11 is 1.40. The fraction of sp³-hybridized carbons (Fsp3) is 0.133. The van der Waals surface area contributed by atoms with E-state index in [1.165, 1.54) is 17.8 Å². The van der Waals surface area contributed by atoms with Gasteiger partial charge >= 0.3 is 5.97 Å². The van der Waals surface area contributed by atoms with Crippen molar-refractivity contribution in [2.45, 2.75) is 16.2 Å². The minimum Gasteiger partial charge on any atom is -0.497 e. The number of carbonyl (C=O) groups is 1. The zero-order valence-electron chi connectivity index (χ0n) is 11.7. The Morgan fingerprint density at radius 2 is 1.86 bits per heavy atom. The highest BCUT2D eigenvalue weighted by Crippen LogP contribution is 2.32. The van der Waals surface area contributed by atoms with Gasteiger partial charge < -0.3 is 9.84 Å². The Balaban J connectivity index is 2.27. The van der Waals surface area contributed by atoms with E-state index in [9.17, 15) is 14.9 Å². The van der Waals surface area contributed by atoms with E-state index in [2.05, 4.69) is 0 Å². The Bertz CT molecular complexity index is 700. The number of methoxy groups -OCH3 is 1. The lowest BCUT2D eigenvalue weighted by Gasteiger charge is -2.06. The summed E-state index contributed by atoms with van der Waals surface area (Å²) in [6, 6.07) is 11.8. The average Bonchev–Trinajstić information content (AvgIpc) is 2.47. The van der Waals surface area contributed by atoms with Crippen LogP contribution in [0.1, 0.15) is 5.56 Å². The number of rotatable bonds is 6. The van der Waals surface area contributed by atoms with Gasteiger partial charge in [-0.2, -0.15) is 0 Å². The number of benzene rings is 2. The van der Waals surface area contributed by atoms with Crippen molar-refractivity contribution in [1.82, 2.24) is 0 Å². The molecule has 114 valence electrons. The van der Waals surface area contributed by atoms with Gasteiger partial charge in [-0.15, -0.1) is 0 Å². The Morgan fingerprint density at radius 1 is 1.23 bits per heavy atom. The van der Waals surface area contributed by atoms with Gasteiger partial charge in [-0.05, 0) is 36.4 Å². The number of carboxylic acid groups (broad SMARTS) is 1. The molecule has 0 amide bonds. The van der Waals surface area contributed by atoms with E-state index in [-0.39, 0.29) is 17.7 Å². The van der Waals surface area contributed by atoms with Crippen LogP contribution in [-0.2, 0) is 11.2 Å². The monoisotopic (exact) mass is 319 g/mol. The summed E-state index contributed by atoms with van der Waals surface area (Å²) in [6.45, 7) is 0. The van der Waals surface area contributed by atoms with E-state index in [4.69, 9.17) is 9.84 Å². The smallest absolute Gasteiger partial charge is 0.308 e. The normalized spacial score (nSPS) is 10.2. The largest absolute Gasteiger partial charge is 0.497 e. The predicted octanol–water partition coefficient (Wildman–Crippen LogP) is 3.38. The van der Waals surface area contributed by atoms with Crippen molar-refractivity contribution in [3.8, 4) is 5.75 Å². The number of nitro groups is 1. The quantitative estimate of drug-likeness (QED) is 0.648. The average molecular weight is 319 g/mol. The molecule has 0 bridgehead atoms. The van der Waals surface area contributed by atoms with E-state index in [0.29, 0.717) is 0 Å². The zero-order chi connectivity index (χ0) is 16.1. The van der Waals surface area contributed by atoms with Crippen LogP contribution in [0.2, 0.25) is 0 Å². The van der Waals surface area contributed by atoms with E-state index in [1.807, 2.05) is 24.3 Å². The molecule has 1 N–H and O–H groups in total. The molecule has 6 nitrogen and oxygen atoms in total. The molecule has 0 saturated carbocycles. The van der Waals surface area contributed by atoms with Gasteiger partial charge in [0.2, 0.25) is 0 Å². The summed E-state index contributed by atoms with van der Waals surface area (Å²) in [5.74, 6) is -0.366. The number of nitrogens with zero attached hydrogens (tertiary/aromatic N) is 1. The molecule has 22 heavy (non-hydrogen) atoms. The summed E-state index contributed by atoms with van der Waals surface area (Å²) < 4.78 is 5.07. The van der Waals surface area contributed by atoms with Crippen LogP contribution in [0.4, 0.5) is 5.69 Å². The lowest BCUT2D eigenvalue weighted by molar-refractivity contribution is -0.385. The minimum absolute atomic E-state index is 0.179. The lowest BCUT2D eigenvalue weighted by Crippen LogP contribution is -2.03. The van der Waals surface area contributed by atoms with Crippen LogP contribution in [-0.4, -0.2) is 23.1 Å². The third-order valence-electron chi connectivity index (χ3n) is 2.88. The molecule has 0 aliphatic carbocycles. The minimum atomic E-state index is -1.10. The zero-order valence-corrected chi connectivity index (χ0v) is 12.5. The second kappa shape index (κ2) is 6.95. The van der Waals surface area contributed by atoms with Crippen LogP contribution in [0.25, 0.3) is 0 Å². The molecule has 0 radical (unpaired) electrons. The molecule has 0 aliphatic rings. The maximum Gasteiger partial charge on any atom is 0.308 e. The van der Waals surface area contributed by atoms with Crippen LogP contribution < -0.4 is 4.74 Å². The molecule has 0 aromatic heterocycles. The van der Waals surface area contributed by atoms with Crippen LogP contribution in [0.3, 0.4) is 0 Å². The van der Waals surface area contributed by atoms with Gasteiger partial charge in [0, 0.05) is 21.4 Å². The summed E-state index contributed by atoms with van der Waals surface area (Å²) in [5, 5.41) is 19.8. The number of ether oxygens (including phenoxy) is 1.